The lowest BCUT2D eigenvalue weighted by Crippen LogP contribution is -2.48. The Hall–Kier alpha value is -0.330. The van der Waals surface area contributed by atoms with Gasteiger partial charge in [-0.05, 0) is 30.6 Å². The summed E-state index contributed by atoms with van der Waals surface area (Å²) in [5.41, 5.74) is 0. The van der Waals surface area contributed by atoms with Crippen molar-refractivity contribution in [1.29, 1.82) is 0 Å². The van der Waals surface area contributed by atoms with E-state index in [1.54, 1.807) is 0 Å². The fourth-order valence-corrected chi connectivity index (χ4v) is 3.31. The summed E-state index contributed by atoms with van der Waals surface area (Å²) in [6.45, 7) is 6.71. The third-order valence-electron chi connectivity index (χ3n) is 4.41. The number of hydrogen-bond donors (Lipinski definition) is 0. The summed E-state index contributed by atoms with van der Waals surface area (Å²) < 4.78 is 0. The van der Waals surface area contributed by atoms with E-state index in [0.717, 1.165) is 5.92 Å². The number of rotatable bonds is 0. The smallest absolute Gasteiger partial charge is 0.139 e. The minimum Gasteiger partial charge on any atom is -0.299 e. The summed E-state index contributed by atoms with van der Waals surface area (Å²) in [4.78, 5) is 11.7. The molecule has 3 fully saturated rings. The Morgan fingerprint density at radius 3 is 2.33 bits per heavy atom. The standard InChI is InChI=1S/C11H18O/c1-6-7(2)10-5-4-9(6)8(3)11(10)12/h6-10H,4-5H2,1-3H3/t6-,7+,8-,9+,10-/m1/s1. The molecule has 68 valence electrons. The molecular weight excluding hydrogens is 148 g/mol. The topological polar surface area (TPSA) is 17.1 Å². The van der Waals surface area contributed by atoms with Gasteiger partial charge >= 0.3 is 0 Å². The van der Waals surface area contributed by atoms with Gasteiger partial charge in [0.25, 0.3) is 0 Å². The Morgan fingerprint density at radius 2 is 1.75 bits per heavy atom. The molecule has 3 rings (SSSR count). The van der Waals surface area contributed by atoms with Crippen molar-refractivity contribution in [3.8, 4) is 0 Å². The molecule has 0 unspecified atom stereocenters. The van der Waals surface area contributed by atoms with Gasteiger partial charge in [0.15, 0.2) is 0 Å². The molecule has 0 spiro atoms. The lowest BCUT2D eigenvalue weighted by Gasteiger charge is -2.48. The molecule has 0 aromatic rings. The first-order valence-electron chi connectivity index (χ1n) is 5.16. The monoisotopic (exact) mass is 166 g/mol. The zero-order valence-electron chi connectivity index (χ0n) is 8.21. The average Bonchev–Trinajstić information content (AvgIpc) is 2.05. The van der Waals surface area contributed by atoms with Crippen molar-refractivity contribution in [3.63, 3.8) is 0 Å². The van der Waals surface area contributed by atoms with Gasteiger partial charge in [-0.15, -0.1) is 0 Å². The lowest BCUT2D eigenvalue weighted by atomic mass is 9.55. The van der Waals surface area contributed by atoms with E-state index in [4.69, 9.17) is 0 Å². The van der Waals surface area contributed by atoms with Gasteiger partial charge in [-0.1, -0.05) is 20.8 Å². The summed E-state index contributed by atoms with van der Waals surface area (Å²) in [6.07, 6.45) is 2.46. The lowest BCUT2D eigenvalue weighted by molar-refractivity contribution is -0.142. The van der Waals surface area contributed by atoms with Crippen LogP contribution in [0.25, 0.3) is 0 Å². The summed E-state index contributed by atoms with van der Waals surface area (Å²) in [6, 6.07) is 0. The molecule has 1 nitrogen and oxygen atoms in total. The van der Waals surface area contributed by atoms with Gasteiger partial charge in [0.1, 0.15) is 5.78 Å². The van der Waals surface area contributed by atoms with Crippen LogP contribution in [0, 0.1) is 29.6 Å². The number of fused-ring (bicyclic) bond motifs is 3. The molecule has 0 heterocycles. The molecule has 0 amide bonds. The van der Waals surface area contributed by atoms with Crippen molar-refractivity contribution in [2.75, 3.05) is 0 Å². The molecule has 3 saturated carbocycles. The Labute approximate surface area is 74.5 Å². The number of ketones is 1. The first-order chi connectivity index (χ1) is 5.63. The molecule has 3 aliphatic carbocycles. The van der Waals surface area contributed by atoms with E-state index in [1.807, 2.05) is 0 Å². The second kappa shape index (κ2) is 2.58. The fourth-order valence-electron chi connectivity index (χ4n) is 3.31. The van der Waals surface area contributed by atoms with Crippen LogP contribution in [0.4, 0.5) is 0 Å². The highest BCUT2D eigenvalue weighted by molar-refractivity contribution is 5.85. The zero-order chi connectivity index (χ0) is 8.88. The van der Waals surface area contributed by atoms with E-state index in [0.29, 0.717) is 29.5 Å². The molecule has 5 atom stereocenters. The van der Waals surface area contributed by atoms with Crippen LogP contribution < -0.4 is 0 Å². The van der Waals surface area contributed by atoms with Crippen molar-refractivity contribution in [2.24, 2.45) is 29.6 Å². The van der Waals surface area contributed by atoms with Gasteiger partial charge < -0.3 is 0 Å². The van der Waals surface area contributed by atoms with Crippen molar-refractivity contribution < 1.29 is 4.79 Å². The van der Waals surface area contributed by atoms with Crippen LogP contribution in [0.2, 0.25) is 0 Å². The van der Waals surface area contributed by atoms with Crippen LogP contribution in [0.1, 0.15) is 33.6 Å². The van der Waals surface area contributed by atoms with Crippen LogP contribution in [-0.2, 0) is 4.79 Å². The molecular formula is C11H18O. The van der Waals surface area contributed by atoms with Crippen LogP contribution in [-0.4, -0.2) is 5.78 Å². The highest BCUT2D eigenvalue weighted by Gasteiger charge is 2.47. The van der Waals surface area contributed by atoms with Gasteiger partial charge in [0.2, 0.25) is 0 Å². The first-order valence-corrected chi connectivity index (χ1v) is 5.16. The molecule has 0 aromatic heterocycles. The van der Waals surface area contributed by atoms with Crippen LogP contribution in [0.15, 0.2) is 0 Å². The molecule has 1 heteroatoms. The zero-order valence-corrected chi connectivity index (χ0v) is 8.21. The molecule has 0 radical (unpaired) electrons. The van der Waals surface area contributed by atoms with E-state index in [9.17, 15) is 4.79 Å². The maximum absolute atomic E-state index is 11.7. The second-order valence-electron chi connectivity index (χ2n) is 4.76. The third kappa shape index (κ3) is 0.884. The van der Waals surface area contributed by atoms with E-state index < -0.39 is 0 Å². The Kier molecular flexibility index (Phi) is 1.78. The van der Waals surface area contributed by atoms with E-state index >= 15 is 0 Å². The molecule has 12 heavy (non-hydrogen) atoms. The van der Waals surface area contributed by atoms with Crippen molar-refractivity contribution in [1.82, 2.24) is 0 Å². The SMILES string of the molecule is C[C@@H]1[C@H](C)[C@H]2CC[C@@H]1[C@@H](C)C2=O. The van der Waals surface area contributed by atoms with Gasteiger partial charge in [-0.2, -0.15) is 0 Å². The van der Waals surface area contributed by atoms with E-state index in [2.05, 4.69) is 20.8 Å². The fraction of sp³-hybridized carbons (Fsp3) is 0.909. The number of Topliss-reactive ketones (excluding diaryl/α,β-unsaturated/α-hetero) is 1. The van der Waals surface area contributed by atoms with Crippen molar-refractivity contribution in [2.45, 2.75) is 33.6 Å². The average molecular weight is 166 g/mol. The minimum absolute atomic E-state index is 0.356. The van der Waals surface area contributed by atoms with Crippen LogP contribution in [0.5, 0.6) is 0 Å². The Balaban J connectivity index is 2.28. The predicted molar refractivity (Wildman–Crippen MR) is 48.7 cm³/mol. The van der Waals surface area contributed by atoms with Crippen LogP contribution in [0.3, 0.4) is 0 Å². The quantitative estimate of drug-likeness (QED) is 0.540. The molecule has 2 bridgehead atoms. The molecule has 0 saturated heterocycles. The van der Waals surface area contributed by atoms with E-state index in [1.165, 1.54) is 12.8 Å². The highest BCUT2D eigenvalue weighted by atomic mass is 16.1. The maximum Gasteiger partial charge on any atom is 0.139 e. The first kappa shape index (κ1) is 8.28. The van der Waals surface area contributed by atoms with Gasteiger partial charge in [0.05, 0.1) is 0 Å². The summed E-state index contributed by atoms with van der Waals surface area (Å²) in [7, 11) is 0. The van der Waals surface area contributed by atoms with Crippen LogP contribution >= 0.6 is 0 Å². The van der Waals surface area contributed by atoms with Gasteiger partial charge in [-0.3, -0.25) is 4.79 Å². The summed E-state index contributed by atoms with van der Waals surface area (Å²) in [5, 5.41) is 0. The molecule has 0 aliphatic heterocycles. The Morgan fingerprint density at radius 1 is 1.08 bits per heavy atom. The summed E-state index contributed by atoms with van der Waals surface area (Å²) >= 11 is 0. The minimum atomic E-state index is 0.356. The number of carbonyl (C=O) groups excluding carboxylic acids is 1. The molecule has 3 aliphatic rings. The third-order valence-corrected chi connectivity index (χ3v) is 4.41. The number of carbonyl (C=O) groups is 1. The number of hydrogen-bond acceptors (Lipinski definition) is 1. The molecule has 0 N–H and O–H groups in total. The maximum atomic E-state index is 11.7. The highest BCUT2D eigenvalue weighted by Crippen LogP contribution is 2.49. The summed E-state index contributed by atoms with van der Waals surface area (Å²) in [5.74, 6) is 3.42. The Bertz CT molecular complexity index is 209. The van der Waals surface area contributed by atoms with E-state index in [-0.39, 0.29) is 0 Å². The molecule has 0 aromatic carbocycles. The predicted octanol–water partition coefficient (Wildman–Crippen LogP) is 2.50. The van der Waals surface area contributed by atoms with Gasteiger partial charge in [0, 0.05) is 11.8 Å². The van der Waals surface area contributed by atoms with Crippen molar-refractivity contribution >= 4 is 5.78 Å². The largest absolute Gasteiger partial charge is 0.299 e. The second-order valence-corrected chi connectivity index (χ2v) is 4.76. The van der Waals surface area contributed by atoms with Crippen molar-refractivity contribution in [3.05, 3.63) is 0 Å². The van der Waals surface area contributed by atoms with Gasteiger partial charge in [-0.25, -0.2) is 0 Å². The normalized spacial score (nSPS) is 52.9.